The number of hydrogen-bond acceptors (Lipinski definition) is 6. The molecule has 3 amide bonds. The van der Waals surface area contributed by atoms with Crippen LogP contribution in [-0.4, -0.2) is 75.7 Å². The van der Waals surface area contributed by atoms with Gasteiger partial charge in [-0.3, -0.25) is 4.79 Å². The van der Waals surface area contributed by atoms with Crippen molar-refractivity contribution in [1.29, 1.82) is 0 Å². The molecule has 1 spiro atoms. The van der Waals surface area contributed by atoms with Gasteiger partial charge in [0.05, 0.1) is 33.5 Å². The lowest BCUT2D eigenvalue weighted by molar-refractivity contribution is -0.181. The van der Waals surface area contributed by atoms with Crippen LogP contribution >= 0.6 is 0 Å². The number of anilines is 1. The Morgan fingerprint density at radius 3 is 2.48 bits per heavy atom. The van der Waals surface area contributed by atoms with Crippen molar-refractivity contribution < 1.29 is 28.5 Å². The third-order valence-electron chi connectivity index (χ3n) is 5.76. The number of nitrogens with one attached hydrogen (secondary N) is 1. The van der Waals surface area contributed by atoms with Gasteiger partial charge in [0, 0.05) is 50.7 Å². The van der Waals surface area contributed by atoms with Gasteiger partial charge in [-0.25, -0.2) is 4.79 Å². The SMILES string of the molecule is COc1ccc(N2C[C@H](NC(=O)N3CCC4(CC3)OCCO4)CC2=O)cc1OC. The maximum absolute atomic E-state index is 12.7. The molecule has 1 aromatic carbocycles. The van der Waals surface area contributed by atoms with E-state index < -0.39 is 5.79 Å². The number of urea groups is 1. The molecule has 1 atom stereocenters. The summed E-state index contributed by atoms with van der Waals surface area (Å²) in [5.74, 6) is 0.618. The van der Waals surface area contributed by atoms with Gasteiger partial charge in [-0.05, 0) is 12.1 Å². The average molecular weight is 405 g/mol. The molecule has 3 aliphatic rings. The van der Waals surface area contributed by atoms with Crippen LogP contribution in [0.25, 0.3) is 0 Å². The number of piperidine rings is 1. The second-order valence-electron chi connectivity index (χ2n) is 7.49. The van der Waals surface area contributed by atoms with E-state index in [9.17, 15) is 9.59 Å². The van der Waals surface area contributed by atoms with Crippen molar-refractivity contribution in [1.82, 2.24) is 10.2 Å². The summed E-state index contributed by atoms with van der Waals surface area (Å²) in [6, 6.07) is 4.97. The van der Waals surface area contributed by atoms with E-state index in [1.165, 1.54) is 0 Å². The van der Waals surface area contributed by atoms with Gasteiger partial charge in [0.1, 0.15) is 0 Å². The summed E-state index contributed by atoms with van der Waals surface area (Å²) in [4.78, 5) is 28.6. The minimum atomic E-state index is -0.510. The standard InChI is InChI=1S/C20H27N3O6/c1-26-16-4-3-15(12-17(16)27-2)23-13-14(11-18(23)24)21-19(25)22-7-5-20(6-8-22)28-9-10-29-20/h3-4,12,14H,5-11,13H2,1-2H3,(H,21,25)/t14-/m1/s1. The minimum absolute atomic E-state index is 0.0344. The van der Waals surface area contributed by atoms with Crippen molar-refractivity contribution in [2.24, 2.45) is 0 Å². The molecule has 9 nitrogen and oxygen atoms in total. The van der Waals surface area contributed by atoms with Crippen LogP contribution in [0.5, 0.6) is 11.5 Å². The summed E-state index contributed by atoms with van der Waals surface area (Å²) in [6.45, 7) is 2.80. The third kappa shape index (κ3) is 3.97. The first-order chi connectivity index (χ1) is 14.0. The molecule has 158 valence electrons. The Hall–Kier alpha value is -2.52. The van der Waals surface area contributed by atoms with Crippen molar-refractivity contribution in [2.45, 2.75) is 31.1 Å². The highest BCUT2D eigenvalue weighted by Gasteiger charge is 2.41. The number of benzene rings is 1. The maximum atomic E-state index is 12.7. The lowest BCUT2D eigenvalue weighted by atomic mass is 10.0. The minimum Gasteiger partial charge on any atom is -0.493 e. The number of methoxy groups -OCH3 is 2. The Morgan fingerprint density at radius 2 is 1.83 bits per heavy atom. The number of likely N-dealkylation sites (tertiary alicyclic amines) is 1. The Morgan fingerprint density at radius 1 is 1.14 bits per heavy atom. The van der Waals surface area contributed by atoms with E-state index in [2.05, 4.69) is 5.32 Å². The Kier molecular flexibility index (Phi) is 5.51. The van der Waals surface area contributed by atoms with E-state index in [1.807, 2.05) is 6.07 Å². The monoisotopic (exact) mass is 405 g/mol. The van der Waals surface area contributed by atoms with Crippen LogP contribution in [0.1, 0.15) is 19.3 Å². The fourth-order valence-electron chi connectivity index (χ4n) is 4.15. The normalized spacial score (nSPS) is 23.5. The lowest BCUT2D eigenvalue weighted by Crippen LogP contribution is -2.52. The van der Waals surface area contributed by atoms with Gasteiger partial charge in [-0.1, -0.05) is 0 Å². The van der Waals surface area contributed by atoms with Crippen molar-refractivity contribution in [2.75, 3.05) is 52.0 Å². The van der Waals surface area contributed by atoms with Crippen LogP contribution in [0, 0.1) is 0 Å². The first kappa shape index (κ1) is 19.8. The van der Waals surface area contributed by atoms with E-state index in [0.717, 1.165) is 5.69 Å². The Bertz CT molecular complexity index is 769. The molecule has 4 rings (SSSR count). The Labute approximate surface area is 169 Å². The summed E-state index contributed by atoms with van der Waals surface area (Å²) in [5.41, 5.74) is 0.722. The predicted molar refractivity (Wildman–Crippen MR) is 104 cm³/mol. The van der Waals surface area contributed by atoms with Crippen LogP contribution in [0.3, 0.4) is 0 Å². The number of amides is 3. The third-order valence-corrected chi connectivity index (χ3v) is 5.76. The summed E-state index contributed by atoms with van der Waals surface area (Å²) in [7, 11) is 3.12. The van der Waals surface area contributed by atoms with Crippen LogP contribution in [0.4, 0.5) is 10.5 Å². The number of ether oxygens (including phenoxy) is 4. The zero-order valence-electron chi connectivity index (χ0n) is 16.8. The smallest absolute Gasteiger partial charge is 0.317 e. The molecule has 0 radical (unpaired) electrons. The summed E-state index contributed by atoms with van der Waals surface area (Å²) in [5, 5.41) is 3.00. The molecule has 1 aromatic rings. The molecule has 0 aromatic heterocycles. The second-order valence-corrected chi connectivity index (χ2v) is 7.49. The van der Waals surface area contributed by atoms with Crippen LogP contribution in [0.2, 0.25) is 0 Å². The van der Waals surface area contributed by atoms with Gasteiger partial charge in [-0.15, -0.1) is 0 Å². The molecule has 29 heavy (non-hydrogen) atoms. The molecular formula is C20H27N3O6. The maximum Gasteiger partial charge on any atom is 0.317 e. The highest BCUT2D eigenvalue weighted by Crippen LogP contribution is 2.34. The van der Waals surface area contributed by atoms with E-state index in [-0.39, 0.29) is 24.4 Å². The first-order valence-electron chi connectivity index (χ1n) is 9.89. The molecule has 9 heteroatoms. The zero-order valence-corrected chi connectivity index (χ0v) is 16.8. The van der Waals surface area contributed by atoms with E-state index in [1.54, 1.807) is 36.2 Å². The van der Waals surface area contributed by atoms with Crippen molar-refractivity contribution >= 4 is 17.6 Å². The van der Waals surface area contributed by atoms with Crippen LogP contribution in [0.15, 0.2) is 18.2 Å². The predicted octanol–water partition coefficient (Wildman–Crippen LogP) is 1.36. The van der Waals surface area contributed by atoms with Crippen LogP contribution in [-0.2, 0) is 14.3 Å². The number of nitrogens with zero attached hydrogens (tertiary/aromatic N) is 2. The average Bonchev–Trinajstić information content (AvgIpc) is 3.34. The molecule has 3 aliphatic heterocycles. The van der Waals surface area contributed by atoms with Gasteiger partial charge in [0.25, 0.3) is 0 Å². The fourth-order valence-corrected chi connectivity index (χ4v) is 4.15. The van der Waals surface area contributed by atoms with E-state index >= 15 is 0 Å². The van der Waals surface area contributed by atoms with E-state index in [0.29, 0.717) is 57.2 Å². The molecule has 0 aliphatic carbocycles. The van der Waals surface area contributed by atoms with Crippen LogP contribution < -0.4 is 19.7 Å². The highest BCUT2D eigenvalue weighted by atomic mass is 16.7. The van der Waals surface area contributed by atoms with Gasteiger partial charge in [0.2, 0.25) is 5.91 Å². The molecule has 3 heterocycles. The Balaban J connectivity index is 1.34. The largest absolute Gasteiger partial charge is 0.493 e. The summed E-state index contributed by atoms with van der Waals surface area (Å²) in [6.07, 6.45) is 1.60. The number of carbonyl (C=O) groups is 2. The molecule has 0 unspecified atom stereocenters. The van der Waals surface area contributed by atoms with Crippen molar-refractivity contribution in [3.8, 4) is 11.5 Å². The van der Waals surface area contributed by atoms with Crippen molar-refractivity contribution in [3.63, 3.8) is 0 Å². The highest BCUT2D eigenvalue weighted by molar-refractivity contribution is 5.97. The molecule has 0 saturated carbocycles. The van der Waals surface area contributed by atoms with Gasteiger partial charge < -0.3 is 34.1 Å². The zero-order chi connectivity index (χ0) is 20.4. The van der Waals surface area contributed by atoms with Crippen molar-refractivity contribution in [3.05, 3.63) is 18.2 Å². The molecule has 3 saturated heterocycles. The molecule has 1 N–H and O–H groups in total. The molecule has 3 fully saturated rings. The fraction of sp³-hybridized carbons (Fsp3) is 0.600. The van der Waals surface area contributed by atoms with Gasteiger partial charge >= 0.3 is 6.03 Å². The number of rotatable bonds is 4. The topological polar surface area (TPSA) is 89.6 Å². The number of carbonyl (C=O) groups excluding carboxylic acids is 2. The van der Waals surface area contributed by atoms with E-state index in [4.69, 9.17) is 18.9 Å². The second kappa shape index (κ2) is 8.08. The molecule has 0 bridgehead atoms. The van der Waals surface area contributed by atoms with Gasteiger partial charge in [-0.2, -0.15) is 0 Å². The lowest BCUT2D eigenvalue weighted by Gasteiger charge is -2.37. The summed E-state index contributed by atoms with van der Waals surface area (Å²) < 4.78 is 22.0. The quantitative estimate of drug-likeness (QED) is 0.814. The first-order valence-corrected chi connectivity index (χ1v) is 9.89. The molecular weight excluding hydrogens is 378 g/mol. The summed E-state index contributed by atoms with van der Waals surface area (Å²) >= 11 is 0. The number of hydrogen-bond donors (Lipinski definition) is 1. The van der Waals surface area contributed by atoms with Gasteiger partial charge in [0.15, 0.2) is 17.3 Å².